The van der Waals surface area contributed by atoms with Crippen molar-refractivity contribution >= 4 is 35.0 Å². The molecule has 0 aromatic heterocycles. The van der Waals surface area contributed by atoms with Crippen LogP contribution >= 0.6 is 0 Å². The monoisotopic (exact) mass is 386 g/mol. The fraction of sp³-hybridized carbons (Fsp3) is 0.130. The van der Waals surface area contributed by atoms with E-state index in [1.807, 2.05) is 24.3 Å². The summed E-state index contributed by atoms with van der Waals surface area (Å²) >= 11 is 0. The number of hydrogen-bond donors (Lipinski definition) is 0. The van der Waals surface area contributed by atoms with E-state index in [1.165, 1.54) is 24.3 Å². The number of carbonyl (C=O) groups is 4. The minimum absolute atomic E-state index is 0.349. The van der Waals surface area contributed by atoms with Gasteiger partial charge in [0.1, 0.15) is 0 Å². The van der Waals surface area contributed by atoms with E-state index in [2.05, 4.69) is 13.8 Å². The Bertz CT molecular complexity index is 969. The van der Waals surface area contributed by atoms with Crippen molar-refractivity contribution in [1.82, 2.24) is 0 Å². The third kappa shape index (κ3) is 3.08. The van der Waals surface area contributed by atoms with Crippen LogP contribution in [0.3, 0.4) is 0 Å². The minimum Gasteiger partial charge on any atom is -0.269 e. The van der Waals surface area contributed by atoms with Crippen LogP contribution in [0.1, 0.15) is 25.0 Å². The van der Waals surface area contributed by atoms with E-state index in [-0.39, 0.29) is 29.0 Å². The van der Waals surface area contributed by atoms with Gasteiger partial charge < -0.3 is 0 Å². The Labute approximate surface area is 167 Å². The van der Waals surface area contributed by atoms with Gasteiger partial charge >= 0.3 is 0 Å². The Morgan fingerprint density at radius 1 is 0.517 bits per heavy atom. The molecule has 6 nitrogen and oxygen atoms in total. The lowest BCUT2D eigenvalue weighted by Crippen LogP contribution is -2.30. The number of anilines is 2. The first kappa shape index (κ1) is 18.6. The lowest BCUT2D eigenvalue weighted by atomic mass is 9.78. The zero-order valence-electron chi connectivity index (χ0n) is 16.0. The van der Waals surface area contributed by atoms with Gasteiger partial charge in [-0.1, -0.05) is 38.1 Å². The van der Waals surface area contributed by atoms with Crippen molar-refractivity contribution in [2.24, 2.45) is 0 Å². The highest BCUT2D eigenvalue weighted by Gasteiger charge is 2.28. The number of hydrogen-bond acceptors (Lipinski definition) is 4. The van der Waals surface area contributed by atoms with Crippen LogP contribution in [0.15, 0.2) is 72.8 Å². The van der Waals surface area contributed by atoms with Crippen LogP contribution < -0.4 is 9.80 Å². The highest BCUT2D eigenvalue weighted by Crippen LogP contribution is 2.34. The molecule has 6 heteroatoms. The minimum atomic E-state index is -0.369. The van der Waals surface area contributed by atoms with Crippen molar-refractivity contribution in [1.29, 1.82) is 0 Å². The zero-order chi connectivity index (χ0) is 20.8. The molecule has 0 radical (unpaired) electrons. The van der Waals surface area contributed by atoms with E-state index in [9.17, 15) is 19.2 Å². The molecule has 0 unspecified atom stereocenters. The summed E-state index contributed by atoms with van der Waals surface area (Å²) in [5, 5.41) is 0. The Morgan fingerprint density at radius 2 is 0.793 bits per heavy atom. The summed E-state index contributed by atoms with van der Waals surface area (Å²) in [6.07, 6.45) is 5.03. The summed E-state index contributed by atoms with van der Waals surface area (Å²) in [5.74, 6) is -1.40. The topological polar surface area (TPSA) is 74.8 Å². The van der Waals surface area contributed by atoms with E-state index in [1.54, 1.807) is 24.3 Å². The molecule has 0 N–H and O–H groups in total. The first-order valence-corrected chi connectivity index (χ1v) is 9.12. The van der Waals surface area contributed by atoms with E-state index in [0.717, 1.165) is 20.9 Å². The van der Waals surface area contributed by atoms with Crippen LogP contribution in [0.25, 0.3) is 0 Å². The van der Waals surface area contributed by atoms with Crippen molar-refractivity contribution in [2.45, 2.75) is 19.3 Å². The molecular formula is C23H18N2O4. The number of rotatable bonds is 4. The average Bonchev–Trinajstić information content (AvgIpc) is 3.22. The summed E-state index contributed by atoms with van der Waals surface area (Å²) < 4.78 is 0. The summed E-state index contributed by atoms with van der Waals surface area (Å²) in [6, 6.07) is 14.6. The molecule has 2 aromatic carbocycles. The van der Waals surface area contributed by atoms with Crippen LogP contribution in [0.5, 0.6) is 0 Å². The Hall–Kier alpha value is -3.80. The van der Waals surface area contributed by atoms with Crippen LogP contribution in [0.2, 0.25) is 0 Å². The molecule has 0 fully saturated rings. The van der Waals surface area contributed by atoms with Gasteiger partial charge in [0, 0.05) is 29.7 Å². The molecule has 0 aliphatic carbocycles. The van der Waals surface area contributed by atoms with Gasteiger partial charge in [0.25, 0.3) is 23.6 Å². The van der Waals surface area contributed by atoms with Gasteiger partial charge in [0.15, 0.2) is 0 Å². The maximum atomic E-state index is 11.8. The molecule has 144 valence electrons. The lowest BCUT2D eigenvalue weighted by Gasteiger charge is -2.27. The van der Waals surface area contributed by atoms with Gasteiger partial charge in [0.2, 0.25) is 0 Å². The standard InChI is InChI=1S/C23H18N2O4/c1-23(2,15-3-7-17(8-4-15)24-19(26)11-12-20(24)27)16-5-9-18(10-6-16)25-21(28)13-14-22(25)29/h3-14H,1-2H3. The van der Waals surface area contributed by atoms with Gasteiger partial charge in [-0.05, 0) is 35.4 Å². The normalized spacial score (nSPS) is 16.5. The second-order valence-corrected chi connectivity index (χ2v) is 7.41. The number of carbonyl (C=O) groups excluding carboxylic acids is 4. The van der Waals surface area contributed by atoms with Crippen molar-refractivity contribution in [3.63, 3.8) is 0 Å². The smallest absolute Gasteiger partial charge is 0.258 e. The first-order chi connectivity index (χ1) is 13.8. The van der Waals surface area contributed by atoms with Gasteiger partial charge in [-0.3, -0.25) is 19.2 Å². The van der Waals surface area contributed by atoms with Crippen LogP contribution in [0.4, 0.5) is 11.4 Å². The second-order valence-electron chi connectivity index (χ2n) is 7.41. The molecular weight excluding hydrogens is 368 g/mol. The first-order valence-electron chi connectivity index (χ1n) is 9.12. The number of amides is 4. The van der Waals surface area contributed by atoms with Crippen LogP contribution in [-0.4, -0.2) is 23.6 Å². The molecule has 0 bridgehead atoms. The third-order valence-electron chi connectivity index (χ3n) is 5.31. The Balaban J connectivity index is 1.58. The highest BCUT2D eigenvalue weighted by atomic mass is 16.2. The van der Waals surface area contributed by atoms with Crippen LogP contribution in [0, 0.1) is 0 Å². The SMILES string of the molecule is CC(C)(c1ccc(N2C(=O)C=CC2=O)cc1)c1ccc(N2C(=O)C=CC2=O)cc1. The number of nitrogens with zero attached hydrogens (tertiary/aromatic N) is 2. The summed E-state index contributed by atoms with van der Waals surface area (Å²) in [7, 11) is 0. The molecule has 2 aliphatic rings. The summed E-state index contributed by atoms with van der Waals surface area (Å²) in [4.78, 5) is 49.6. The predicted molar refractivity (Wildman–Crippen MR) is 108 cm³/mol. The van der Waals surface area contributed by atoms with E-state index in [0.29, 0.717) is 11.4 Å². The number of imide groups is 2. The van der Waals surface area contributed by atoms with Gasteiger partial charge in [-0.25, -0.2) is 9.80 Å². The van der Waals surface area contributed by atoms with Crippen molar-refractivity contribution in [3.8, 4) is 0 Å². The van der Waals surface area contributed by atoms with Crippen molar-refractivity contribution < 1.29 is 19.2 Å². The van der Waals surface area contributed by atoms with Crippen molar-refractivity contribution in [2.75, 3.05) is 9.80 Å². The quantitative estimate of drug-likeness (QED) is 0.758. The zero-order valence-corrected chi connectivity index (χ0v) is 16.0. The maximum Gasteiger partial charge on any atom is 0.258 e. The van der Waals surface area contributed by atoms with Gasteiger partial charge in [-0.2, -0.15) is 0 Å². The largest absolute Gasteiger partial charge is 0.269 e. The number of benzene rings is 2. The Morgan fingerprint density at radius 3 is 1.07 bits per heavy atom. The molecule has 0 saturated heterocycles. The molecule has 29 heavy (non-hydrogen) atoms. The molecule has 2 aliphatic heterocycles. The molecule has 2 heterocycles. The third-order valence-corrected chi connectivity index (χ3v) is 5.31. The molecule has 4 rings (SSSR count). The highest BCUT2D eigenvalue weighted by molar-refractivity contribution is 6.28. The lowest BCUT2D eigenvalue weighted by molar-refractivity contribution is -0.121. The van der Waals surface area contributed by atoms with E-state index in [4.69, 9.17) is 0 Å². The fourth-order valence-electron chi connectivity index (χ4n) is 3.53. The van der Waals surface area contributed by atoms with Gasteiger partial charge in [-0.15, -0.1) is 0 Å². The molecule has 4 amide bonds. The molecule has 0 spiro atoms. The van der Waals surface area contributed by atoms with Crippen LogP contribution in [-0.2, 0) is 24.6 Å². The van der Waals surface area contributed by atoms with Crippen molar-refractivity contribution in [3.05, 3.63) is 84.0 Å². The van der Waals surface area contributed by atoms with E-state index < -0.39 is 0 Å². The summed E-state index contributed by atoms with van der Waals surface area (Å²) in [5.41, 5.74) is 2.68. The van der Waals surface area contributed by atoms with E-state index >= 15 is 0 Å². The maximum absolute atomic E-state index is 11.8. The fourth-order valence-corrected chi connectivity index (χ4v) is 3.53. The second kappa shape index (κ2) is 6.67. The summed E-state index contributed by atoms with van der Waals surface area (Å²) in [6.45, 7) is 4.11. The predicted octanol–water partition coefficient (Wildman–Crippen LogP) is 2.87. The average molecular weight is 386 g/mol. The molecule has 2 aromatic rings. The molecule has 0 atom stereocenters. The molecule has 0 saturated carbocycles. The van der Waals surface area contributed by atoms with Gasteiger partial charge in [0.05, 0.1) is 11.4 Å². The Kier molecular flexibility index (Phi) is 4.27.